The Morgan fingerprint density at radius 1 is 1.27 bits per heavy atom. The van der Waals surface area contributed by atoms with Gasteiger partial charge in [-0.2, -0.15) is 0 Å². The number of piperidine rings is 1. The van der Waals surface area contributed by atoms with Gasteiger partial charge < -0.3 is 0 Å². The normalized spacial score (nSPS) is 16.3. The second-order valence-corrected chi connectivity index (χ2v) is 9.14. The van der Waals surface area contributed by atoms with Crippen LogP contribution in [0.15, 0.2) is 24.4 Å². The summed E-state index contributed by atoms with van der Waals surface area (Å²) in [5.74, 6) is -2.70. The fraction of sp³-hybridized carbons (Fsp3) is 0.476. The number of alkyl halides is 2. The lowest BCUT2D eigenvalue weighted by Gasteiger charge is -2.32. The zero-order valence-corrected chi connectivity index (χ0v) is 17.8. The number of aryl methyl sites for hydroxylation is 1. The Kier molecular flexibility index (Phi) is 5.84. The average molecular weight is 432 g/mol. The molecular weight excluding hydrogens is 408 g/mol. The van der Waals surface area contributed by atoms with Gasteiger partial charge in [0.05, 0.1) is 12.1 Å². The van der Waals surface area contributed by atoms with Crippen molar-refractivity contribution >= 4 is 28.0 Å². The van der Waals surface area contributed by atoms with E-state index in [0.29, 0.717) is 31.6 Å². The quantitative estimate of drug-likeness (QED) is 0.589. The number of rotatable bonds is 6. The van der Waals surface area contributed by atoms with Crippen molar-refractivity contribution in [3.8, 4) is 10.7 Å². The summed E-state index contributed by atoms with van der Waals surface area (Å²) in [6.07, 6.45) is 3.18. The number of Topliss-reactive ketones (excluding diaryl/α,β-unsaturated/α-hetero) is 1. The van der Waals surface area contributed by atoms with Crippen molar-refractivity contribution in [3.63, 3.8) is 0 Å². The van der Waals surface area contributed by atoms with Gasteiger partial charge in [-0.15, -0.1) is 10.2 Å². The summed E-state index contributed by atoms with van der Waals surface area (Å²) in [4.78, 5) is 23.6. The second-order valence-electron chi connectivity index (χ2n) is 7.95. The predicted molar refractivity (Wildman–Crippen MR) is 112 cm³/mol. The molecule has 6 nitrogen and oxygen atoms in total. The molecule has 0 radical (unpaired) electrons. The first-order valence-corrected chi connectivity index (χ1v) is 10.8. The molecule has 0 unspecified atom stereocenters. The molecule has 158 valence electrons. The Morgan fingerprint density at radius 2 is 2.03 bits per heavy atom. The van der Waals surface area contributed by atoms with Gasteiger partial charge in [-0.25, -0.2) is 13.8 Å². The van der Waals surface area contributed by atoms with E-state index in [4.69, 9.17) is 0 Å². The summed E-state index contributed by atoms with van der Waals surface area (Å²) in [6.45, 7) is 3.63. The van der Waals surface area contributed by atoms with E-state index in [-0.39, 0.29) is 24.7 Å². The molecular formula is C21H23F2N5OS. The zero-order chi connectivity index (χ0) is 21.3. The van der Waals surface area contributed by atoms with Gasteiger partial charge in [0.25, 0.3) is 5.92 Å². The first-order chi connectivity index (χ1) is 14.3. The number of fused-ring (bicyclic) bond motifs is 1. The lowest BCUT2D eigenvalue weighted by atomic mass is 9.90. The van der Waals surface area contributed by atoms with E-state index in [2.05, 4.69) is 20.2 Å². The van der Waals surface area contributed by atoms with Gasteiger partial charge in [-0.1, -0.05) is 11.3 Å². The third-order valence-corrected chi connectivity index (χ3v) is 6.14. The first kappa shape index (κ1) is 20.9. The standard InChI is InChI=1S/C21H23F2N5OS/c1-13-26-27-20(30-13)17-4-3-15-11-24-16(9-18(15)25-17)10-19(29)14-5-7-28(8-6-14)12-21(2,22)23/h3-4,9,11,14H,5-8,10,12H2,1-2H3. The van der Waals surface area contributed by atoms with Crippen molar-refractivity contribution in [1.82, 2.24) is 25.1 Å². The van der Waals surface area contributed by atoms with E-state index in [0.717, 1.165) is 33.5 Å². The van der Waals surface area contributed by atoms with Crippen molar-refractivity contribution in [2.24, 2.45) is 5.92 Å². The van der Waals surface area contributed by atoms with Crippen LogP contribution in [0, 0.1) is 12.8 Å². The molecule has 4 rings (SSSR count). The Morgan fingerprint density at radius 3 is 2.70 bits per heavy atom. The van der Waals surface area contributed by atoms with Gasteiger partial charge in [0.2, 0.25) is 0 Å². The molecule has 0 aromatic carbocycles. The summed E-state index contributed by atoms with van der Waals surface area (Å²) in [5, 5.41) is 10.7. The lowest BCUT2D eigenvalue weighted by molar-refractivity contribution is -0.124. The van der Waals surface area contributed by atoms with Crippen LogP contribution in [0.3, 0.4) is 0 Å². The van der Waals surface area contributed by atoms with Crippen molar-refractivity contribution in [1.29, 1.82) is 0 Å². The van der Waals surface area contributed by atoms with Gasteiger partial charge in [0.1, 0.15) is 16.5 Å². The number of ketones is 1. The molecule has 9 heteroatoms. The molecule has 1 aliphatic heterocycles. The van der Waals surface area contributed by atoms with Gasteiger partial charge in [0.15, 0.2) is 5.01 Å². The summed E-state index contributed by atoms with van der Waals surface area (Å²) in [6, 6.07) is 5.67. The minimum absolute atomic E-state index is 0.104. The van der Waals surface area contributed by atoms with Crippen molar-refractivity contribution in [2.75, 3.05) is 19.6 Å². The summed E-state index contributed by atoms with van der Waals surface area (Å²) in [5.41, 5.74) is 2.18. The number of aromatic nitrogens is 4. The molecule has 30 heavy (non-hydrogen) atoms. The first-order valence-electron chi connectivity index (χ1n) is 9.96. The summed E-state index contributed by atoms with van der Waals surface area (Å²) < 4.78 is 26.4. The van der Waals surface area contributed by atoms with Gasteiger partial charge >= 0.3 is 0 Å². The van der Waals surface area contributed by atoms with Crippen molar-refractivity contribution in [2.45, 2.75) is 39.0 Å². The monoisotopic (exact) mass is 431 g/mol. The van der Waals surface area contributed by atoms with Crippen LogP contribution < -0.4 is 0 Å². The van der Waals surface area contributed by atoms with Crippen LogP contribution in [-0.2, 0) is 11.2 Å². The number of hydrogen-bond acceptors (Lipinski definition) is 7. The molecule has 0 bridgehead atoms. The van der Waals surface area contributed by atoms with E-state index < -0.39 is 5.92 Å². The summed E-state index contributed by atoms with van der Waals surface area (Å²) in [7, 11) is 0. The fourth-order valence-corrected chi connectivity index (χ4v) is 4.46. The highest BCUT2D eigenvalue weighted by Gasteiger charge is 2.30. The van der Waals surface area contributed by atoms with E-state index >= 15 is 0 Å². The van der Waals surface area contributed by atoms with E-state index in [1.165, 1.54) is 11.3 Å². The molecule has 3 aromatic rings. The van der Waals surface area contributed by atoms with Crippen LogP contribution in [-0.4, -0.2) is 56.4 Å². The van der Waals surface area contributed by atoms with Gasteiger partial charge in [0, 0.05) is 36.5 Å². The number of carbonyl (C=O) groups excluding carboxylic acids is 1. The second kappa shape index (κ2) is 8.39. The number of hydrogen-bond donors (Lipinski definition) is 0. The highest BCUT2D eigenvalue weighted by Crippen LogP contribution is 2.25. The molecule has 0 saturated carbocycles. The van der Waals surface area contributed by atoms with Crippen LogP contribution in [0.1, 0.15) is 30.5 Å². The molecule has 4 heterocycles. The number of pyridine rings is 2. The van der Waals surface area contributed by atoms with Crippen molar-refractivity contribution < 1.29 is 13.6 Å². The smallest absolute Gasteiger partial charge is 0.257 e. The van der Waals surface area contributed by atoms with E-state index in [1.54, 1.807) is 11.1 Å². The zero-order valence-electron chi connectivity index (χ0n) is 16.9. The maximum Gasteiger partial charge on any atom is 0.257 e. The molecule has 3 aromatic heterocycles. The summed E-state index contributed by atoms with van der Waals surface area (Å²) >= 11 is 1.48. The number of carbonyl (C=O) groups is 1. The molecule has 0 atom stereocenters. The van der Waals surface area contributed by atoms with E-state index in [9.17, 15) is 13.6 Å². The van der Waals surface area contributed by atoms with Crippen LogP contribution in [0.4, 0.5) is 8.78 Å². The topological polar surface area (TPSA) is 71.9 Å². The van der Waals surface area contributed by atoms with Gasteiger partial charge in [-0.05, 0) is 51.1 Å². The molecule has 0 spiro atoms. The minimum Gasteiger partial charge on any atom is -0.299 e. The molecule has 0 amide bonds. The van der Waals surface area contributed by atoms with Crippen LogP contribution in [0.2, 0.25) is 0 Å². The molecule has 0 N–H and O–H groups in total. The molecule has 1 aliphatic rings. The molecule has 0 aliphatic carbocycles. The van der Waals surface area contributed by atoms with Gasteiger partial charge in [-0.3, -0.25) is 14.7 Å². The maximum atomic E-state index is 13.2. The SMILES string of the molecule is Cc1nnc(-c2ccc3cnc(CC(=O)C4CCN(CC(C)(F)F)CC4)cc3n2)s1. The van der Waals surface area contributed by atoms with Crippen LogP contribution in [0.25, 0.3) is 21.6 Å². The van der Waals surface area contributed by atoms with Crippen molar-refractivity contribution in [3.05, 3.63) is 35.1 Å². The molecule has 1 saturated heterocycles. The third-order valence-electron chi connectivity index (χ3n) is 5.27. The Labute approximate surface area is 177 Å². The highest BCUT2D eigenvalue weighted by molar-refractivity contribution is 7.14. The number of halogens is 2. The largest absolute Gasteiger partial charge is 0.299 e. The highest BCUT2D eigenvalue weighted by atomic mass is 32.1. The Hall–Kier alpha value is -2.39. The minimum atomic E-state index is -2.70. The lowest BCUT2D eigenvalue weighted by Crippen LogP contribution is -2.42. The van der Waals surface area contributed by atoms with Crippen LogP contribution >= 0.6 is 11.3 Å². The Balaban J connectivity index is 1.43. The van der Waals surface area contributed by atoms with Crippen LogP contribution in [0.5, 0.6) is 0 Å². The number of nitrogens with zero attached hydrogens (tertiary/aromatic N) is 5. The average Bonchev–Trinajstić information content (AvgIpc) is 3.13. The predicted octanol–water partition coefficient (Wildman–Crippen LogP) is 3.94. The van der Waals surface area contributed by atoms with E-state index in [1.807, 2.05) is 25.1 Å². The maximum absolute atomic E-state index is 13.2. The third kappa shape index (κ3) is 5.02. The number of likely N-dealkylation sites (tertiary alicyclic amines) is 1. The fourth-order valence-electron chi connectivity index (χ4n) is 3.80. The molecule has 1 fully saturated rings. The Bertz CT molecular complexity index is 1060.